The van der Waals surface area contributed by atoms with Gasteiger partial charge in [0.15, 0.2) is 0 Å². The maximum Gasteiger partial charge on any atom is 0.252 e. The molecule has 1 aliphatic heterocycles. The molecule has 2 atom stereocenters. The van der Waals surface area contributed by atoms with E-state index in [0.717, 1.165) is 16.8 Å². The number of carbonyl (C=O) groups is 1. The molecule has 3 aromatic rings. The van der Waals surface area contributed by atoms with Gasteiger partial charge in [-0.15, -0.1) is 0 Å². The number of methoxy groups -OCH3 is 2. The van der Waals surface area contributed by atoms with Crippen molar-refractivity contribution < 1.29 is 23.0 Å². The molecule has 4 rings (SSSR count). The van der Waals surface area contributed by atoms with Crippen LogP contribution in [0.2, 0.25) is 0 Å². The molecule has 8 heteroatoms. The highest BCUT2D eigenvalue weighted by atomic mass is 19.1. The lowest BCUT2D eigenvalue weighted by Gasteiger charge is -2.27. The van der Waals surface area contributed by atoms with Crippen molar-refractivity contribution in [3.8, 4) is 0 Å². The monoisotopic (exact) mass is 491 g/mol. The van der Waals surface area contributed by atoms with Gasteiger partial charge in [-0.1, -0.05) is 24.3 Å². The van der Waals surface area contributed by atoms with E-state index in [-0.39, 0.29) is 23.6 Å². The number of nitrogens with one attached hydrogen (secondary N) is 1. The third kappa shape index (κ3) is 5.90. The number of allylic oxidation sites excluding steroid dienone is 1. The number of aliphatic imine (C=N–C) groups is 1. The zero-order valence-electron chi connectivity index (χ0n) is 20.1. The van der Waals surface area contributed by atoms with Gasteiger partial charge in [-0.25, -0.2) is 8.78 Å². The molecule has 1 N–H and O–H groups in total. The molecule has 1 aromatic heterocycles. The topological polar surface area (TPSA) is 72.8 Å². The molecule has 0 saturated heterocycles. The first-order chi connectivity index (χ1) is 17.5. The number of carbonyl (C=O) groups excluding carboxylic acids is 1. The SMILES string of the molecule is COC[C@@H](OC)[C@@H](Cc1ccccn1)NC(=O)c1cccc(F)c1C1=NCC(c2ccc(F)cc2)=C1. The van der Waals surface area contributed by atoms with Gasteiger partial charge in [-0.05, 0) is 53.6 Å². The zero-order valence-corrected chi connectivity index (χ0v) is 20.1. The number of benzene rings is 2. The molecule has 0 bridgehead atoms. The van der Waals surface area contributed by atoms with Crippen LogP contribution in [0, 0.1) is 11.6 Å². The zero-order chi connectivity index (χ0) is 25.5. The second kappa shape index (κ2) is 11.8. The number of ether oxygens (including phenoxy) is 2. The lowest BCUT2D eigenvalue weighted by atomic mass is 9.98. The third-order valence-corrected chi connectivity index (χ3v) is 6.01. The molecule has 186 valence electrons. The second-order valence-electron chi connectivity index (χ2n) is 8.37. The number of pyridine rings is 1. The van der Waals surface area contributed by atoms with Crippen LogP contribution in [-0.2, 0) is 15.9 Å². The summed E-state index contributed by atoms with van der Waals surface area (Å²) in [6, 6.07) is 15.4. The van der Waals surface area contributed by atoms with E-state index in [1.165, 1.54) is 24.3 Å². The third-order valence-electron chi connectivity index (χ3n) is 6.01. The minimum Gasteiger partial charge on any atom is -0.382 e. The van der Waals surface area contributed by atoms with E-state index >= 15 is 4.39 Å². The van der Waals surface area contributed by atoms with E-state index in [0.29, 0.717) is 18.7 Å². The summed E-state index contributed by atoms with van der Waals surface area (Å²) in [6.07, 6.45) is 3.36. The Labute approximate surface area is 208 Å². The van der Waals surface area contributed by atoms with Crippen LogP contribution in [0.3, 0.4) is 0 Å². The molecule has 0 unspecified atom stereocenters. The summed E-state index contributed by atoms with van der Waals surface area (Å²) in [5.74, 6) is -1.36. The number of aromatic nitrogens is 1. The number of amides is 1. The van der Waals surface area contributed by atoms with Crippen LogP contribution in [0.15, 0.2) is 77.9 Å². The Kier molecular flexibility index (Phi) is 8.30. The van der Waals surface area contributed by atoms with Crippen molar-refractivity contribution >= 4 is 17.2 Å². The first-order valence-electron chi connectivity index (χ1n) is 11.5. The summed E-state index contributed by atoms with van der Waals surface area (Å²) in [7, 11) is 3.10. The highest BCUT2D eigenvalue weighted by Gasteiger charge is 2.28. The van der Waals surface area contributed by atoms with Crippen LogP contribution in [0.25, 0.3) is 5.57 Å². The van der Waals surface area contributed by atoms with Crippen LogP contribution in [-0.4, -0.2) is 56.1 Å². The molecule has 0 aliphatic carbocycles. The van der Waals surface area contributed by atoms with Gasteiger partial charge in [0.2, 0.25) is 0 Å². The van der Waals surface area contributed by atoms with Gasteiger partial charge < -0.3 is 14.8 Å². The minimum absolute atomic E-state index is 0.115. The maximum atomic E-state index is 15.1. The van der Waals surface area contributed by atoms with Crippen molar-refractivity contribution in [1.82, 2.24) is 10.3 Å². The van der Waals surface area contributed by atoms with Crippen LogP contribution in [0.4, 0.5) is 8.78 Å². The van der Waals surface area contributed by atoms with Crippen molar-refractivity contribution in [3.63, 3.8) is 0 Å². The van der Waals surface area contributed by atoms with Gasteiger partial charge >= 0.3 is 0 Å². The smallest absolute Gasteiger partial charge is 0.252 e. The summed E-state index contributed by atoms with van der Waals surface area (Å²) < 4.78 is 39.3. The number of rotatable bonds is 10. The quantitative estimate of drug-likeness (QED) is 0.460. The van der Waals surface area contributed by atoms with E-state index in [9.17, 15) is 9.18 Å². The number of hydrogen-bond acceptors (Lipinski definition) is 5. The Balaban J connectivity index is 1.62. The molecule has 36 heavy (non-hydrogen) atoms. The summed E-state index contributed by atoms with van der Waals surface area (Å²) in [5, 5.41) is 2.99. The number of nitrogens with zero attached hydrogens (tertiary/aromatic N) is 2. The second-order valence-corrected chi connectivity index (χ2v) is 8.37. The summed E-state index contributed by atoms with van der Waals surface area (Å²) >= 11 is 0. The normalized spacial score (nSPS) is 14.7. The van der Waals surface area contributed by atoms with Crippen LogP contribution in [0.5, 0.6) is 0 Å². The molecular weight excluding hydrogens is 464 g/mol. The fourth-order valence-electron chi connectivity index (χ4n) is 4.17. The Bertz CT molecular complexity index is 1260. The van der Waals surface area contributed by atoms with E-state index in [1.54, 1.807) is 44.7 Å². The fraction of sp³-hybridized carbons (Fsp3) is 0.250. The van der Waals surface area contributed by atoms with E-state index in [2.05, 4.69) is 15.3 Å². The highest BCUT2D eigenvalue weighted by Crippen LogP contribution is 2.25. The van der Waals surface area contributed by atoms with E-state index in [1.807, 2.05) is 18.2 Å². The molecule has 1 aliphatic rings. The Morgan fingerprint density at radius 3 is 2.56 bits per heavy atom. The largest absolute Gasteiger partial charge is 0.382 e. The lowest BCUT2D eigenvalue weighted by molar-refractivity contribution is 0.00524. The van der Waals surface area contributed by atoms with Gasteiger partial charge in [-0.3, -0.25) is 14.8 Å². The predicted octanol–water partition coefficient (Wildman–Crippen LogP) is 4.25. The first kappa shape index (κ1) is 25.3. The average molecular weight is 492 g/mol. The van der Waals surface area contributed by atoms with Crippen molar-refractivity contribution in [2.75, 3.05) is 27.4 Å². The van der Waals surface area contributed by atoms with Gasteiger partial charge in [-0.2, -0.15) is 0 Å². The van der Waals surface area contributed by atoms with Crippen LogP contribution < -0.4 is 5.32 Å². The van der Waals surface area contributed by atoms with Gasteiger partial charge in [0.1, 0.15) is 17.7 Å². The molecule has 1 amide bonds. The maximum absolute atomic E-state index is 15.1. The minimum atomic E-state index is -0.556. The molecule has 2 aromatic carbocycles. The summed E-state index contributed by atoms with van der Waals surface area (Å²) in [5.41, 5.74) is 3.00. The van der Waals surface area contributed by atoms with Gasteiger partial charge in [0.25, 0.3) is 5.91 Å². The van der Waals surface area contributed by atoms with E-state index < -0.39 is 23.9 Å². The standard InChI is InChI=1S/C28H27F2N3O3/c1-35-17-26(36-2)24(15-21-6-3-4-13-31-21)33-28(34)22-7-5-8-23(30)27(22)25-14-19(16-32-25)18-9-11-20(29)12-10-18/h3-14,24,26H,15-17H2,1-2H3,(H,33,34)/t24-,26-/m1/s1. The van der Waals surface area contributed by atoms with Crippen molar-refractivity contribution in [2.45, 2.75) is 18.6 Å². The Hall–Kier alpha value is -3.75. The van der Waals surface area contributed by atoms with Crippen molar-refractivity contribution in [1.29, 1.82) is 0 Å². The fourth-order valence-corrected chi connectivity index (χ4v) is 4.17. The lowest BCUT2D eigenvalue weighted by Crippen LogP contribution is -2.48. The Morgan fingerprint density at radius 1 is 1.06 bits per heavy atom. The summed E-state index contributed by atoms with van der Waals surface area (Å²) in [6.45, 7) is 0.555. The van der Waals surface area contributed by atoms with Gasteiger partial charge in [0.05, 0.1) is 30.5 Å². The van der Waals surface area contributed by atoms with Crippen molar-refractivity contribution in [3.05, 3.63) is 107 Å². The molecular formula is C28H27F2N3O3. The molecule has 0 fully saturated rings. The highest BCUT2D eigenvalue weighted by molar-refractivity contribution is 6.19. The van der Waals surface area contributed by atoms with Crippen molar-refractivity contribution in [2.24, 2.45) is 4.99 Å². The number of hydrogen-bond donors (Lipinski definition) is 1. The average Bonchev–Trinajstić information content (AvgIpc) is 3.37. The molecule has 2 heterocycles. The molecule has 0 spiro atoms. The molecule has 6 nitrogen and oxygen atoms in total. The molecule has 0 saturated carbocycles. The Morgan fingerprint density at radius 2 is 1.86 bits per heavy atom. The molecule has 0 radical (unpaired) electrons. The summed E-state index contributed by atoms with van der Waals surface area (Å²) in [4.78, 5) is 22.3. The predicted molar refractivity (Wildman–Crippen MR) is 134 cm³/mol. The van der Waals surface area contributed by atoms with Gasteiger partial charge in [0, 0.05) is 38.1 Å². The van der Waals surface area contributed by atoms with Crippen LogP contribution >= 0.6 is 0 Å². The first-order valence-corrected chi connectivity index (χ1v) is 11.5. The van der Waals surface area contributed by atoms with E-state index in [4.69, 9.17) is 9.47 Å². The number of halogens is 2. The van der Waals surface area contributed by atoms with Crippen LogP contribution in [0.1, 0.15) is 27.2 Å².